The molecule has 0 spiro atoms. The van der Waals surface area contributed by atoms with Gasteiger partial charge >= 0.3 is 0 Å². The molecule has 0 unspecified atom stereocenters. The lowest BCUT2D eigenvalue weighted by molar-refractivity contribution is 0.102. The number of aromatic hydroxyl groups is 1. The van der Waals surface area contributed by atoms with E-state index in [9.17, 15) is 14.3 Å². The van der Waals surface area contributed by atoms with Crippen molar-refractivity contribution in [2.75, 3.05) is 5.32 Å². The number of hydrogen-bond acceptors (Lipinski definition) is 2. The summed E-state index contributed by atoms with van der Waals surface area (Å²) in [6, 6.07) is 9.03. The molecule has 0 saturated carbocycles. The lowest BCUT2D eigenvalue weighted by atomic mass is 10.1. The summed E-state index contributed by atoms with van der Waals surface area (Å²) in [6.45, 7) is 1.81. The van der Waals surface area contributed by atoms with Crippen LogP contribution in [0.25, 0.3) is 0 Å². The van der Waals surface area contributed by atoms with Crippen LogP contribution in [0.3, 0.4) is 0 Å². The first-order valence-electron chi connectivity index (χ1n) is 5.53. The van der Waals surface area contributed by atoms with E-state index in [-0.39, 0.29) is 17.0 Å². The summed E-state index contributed by atoms with van der Waals surface area (Å²) in [5, 5.41) is 12.0. The first-order valence-corrected chi connectivity index (χ1v) is 6.61. The molecule has 0 aliphatic carbocycles. The van der Waals surface area contributed by atoms with E-state index in [4.69, 9.17) is 0 Å². The highest BCUT2D eigenvalue weighted by Gasteiger charge is 2.11. The third-order valence-corrected chi connectivity index (χ3v) is 3.49. The number of nitrogens with one attached hydrogen (secondary N) is 1. The van der Waals surface area contributed by atoms with E-state index >= 15 is 0 Å². The van der Waals surface area contributed by atoms with Crippen LogP contribution >= 0.6 is 22.6 Å². The normalized spacial score (nSPS) is 10.3. The first kappa shape index (κ1) is 13.8. The fraction of sp³-hybridized carbons (Fsp3) is 0.0714. The van der Waals surface area contributed by atoms with Crippen molar-refractivity contribution in [2.45, 2.75) is 6.92 Å². The van der Waals surface area contributed by atoms with Crippen molar-refractivity contribution in [2.24, 2.45) is 0 Å². The number of carbonyl (C=O) groups excluding carboxylic acids is 1. The van der Waals surface area contributed by atoms with Gasteiger partial charge in [0.2, 0.25) is 0 Å². The predicted octanol–water partition coefficient (Wildman–Crippen LogP) is 3.70. The maximum Gasteiger partial charge on any atom is 0.255 e. The Balaban J connectivity index is 2.25. The van der Waals surface area contributed by atoms with Crippen molar-refractivity contribution in [3.05, 3.63) is 56.9 Å². The highest BCUT2D eigenvalue weighted by atomic mass is 127. The SMILES string of the molecule is Cc1ccc(F)c(NC(=O)c2ccc(I)c(O)c2)c1. The molecule has 0 bridgehead atoms. The van der Waals surface area contributed by atoms with Gasteiger partial charge in [-0.3, -0.25) is 4.79 Å². The number of rotatable bonds is 2. The number of anilines is 1. The number of hydrogen-bond donors (Lipinski definition) is 2. The molecule has 0 atom stereocenters. The molecule has 3 nitrogen and oxygen atoms in total. The summed E-state index contributed by atoms with van der Waals surface area (Å²) in [7, 11) is 0. The molecule has 0 aromatic heterocycles. The van der Waals surface area contributed by atoms with Gasteiger partial charge in [-0.25, -0.2) is 4.39 Å². The zero-order valence-electron chi connectivity index (χ0n) is 10.1. The average molecular weight is 371 g/mol. The van der Waals surface area contributed by atoms with Crippen molar-refractivity contribution >= 4 is 34.2 Å². The summed E-state index contributed by atoms with van der Waals surface area (Å²) >= 11 is 1.96. The maximum atomic E-state index is 13.5. The number of benzene rings is 2. The van der Waals surface area contributed by atoms with Gasteiger partial charge in [-0.1, -0.05) is 6.07 Å². The average Bonchev–Trinajstić information content (AvgIpc) is 2.37. The second kappa shape index (κ2) is 5.56. The summed E-state index contributed by atoms with van der Waals surface area (Å²) in [5.41, 5.74) is 1.25. The zero-order chi connectivity index (χ0) is 14.0. The standard InChI is InChI=1S/C14H11FINO2/c1-8-2-4-10(15)12(6-8)17-14(19)9-3-5-11(16)13(18)7-9/h2-7,18H,1H3,(H,17,19). The highest BCUT2D eigenvalue weighted by molar-refractivity contribution is 14.1. The van der Waals surface area contributed by atoms with Crippen molar-refractivity contribution in [3.8, 4) is 5.75 Å². The van der Waals surface area contributed by atoms with Gasteiger partial charge in [0.15, 0.2) is 0 Å². The number of phenolic OH excluding ortho intramolecular Hbond substituents is 1. The molecule has 19 heavy (non-hydrogen) atoms. The van der Waals surface area contributed by atoms with Gasteiger partial charge in [0.1, 0.15) is 11.6 Å². The Morgan fingerprint density at radius 2 is 2.00 bits per heavy atom. The van der Waals surface area contributed by atoms with Crippen LogP contribution in [0.15, 0.2) is 36.4 Å². The summed E-state index contributed by atoms with van der Waals surface area (Å²) in [5.74, 6) is -0.928. The molecule has 0 aliphatic heterocycles. The van der Waals surface area contributed by atoms with Crippen LogP contribution in [0.1, 0.15) is 15.9 Å². The third-order valence-electron chi connectivity index (χ3n) is 2.58. The molecule has 0 heterocycles. The Hall–Kier alpha value is -1.63. The Labute approximate surface area is 123 Å². The number of aryl methyl sites for hydroxylation is 1. The van der Waals surface area contributed by atoms with Crippen LogP contribution in [0.4, 0.5) is 10.1 Å². The Bertz CT molecular complexity index is 643. The van der Waals surface area contributed by atoms with Crippen LogP contribution in [-0.4, -0.2) is 11.0 Å². The van der Waals surface area contributed by atoms with Crippen molar-refractivity contribution in [3.63, 3.8) is 0 Å². The molecule has 2 aromatic carbocycles. The van der Waals surface area contributed by atoms with Gasteiger partial charge < -0.3 is 10.4 Å². The van der Waals surface area contributed by atoms with Gasteiger partial charge in [0.25, 0.3) is 5.91 Å². The van der Waals surface area contributed by atoms with E-state index in [0.717, 1.165) is 5.56 Å². The van der Waals surface area contributed by atoms with Crippen molar-refractivity contribution in [1.29, 1.82) is 0 Å². The molecule has 2 N–H and O–H groups in total. The lowest BCUT2D eigenvalue weighted by Gasteiger charge is -2.08. The number of amides is 1. The maximum absolute atomic E-state index is 13.5. The van der Waals surface area contributed by atoms with E-state index < -0.39 is 11.7 Å². The molecular formula is C14H11FINO2. The fourth-order valence-corrected chi connectivity index (χ4v) is 1.92. The van der Waals surface area contributed by atoms with Gasteiger partial charge in [0.05, 0.1) is 9.26 Å². The molecule has 5 heteroatoms. The van der Waals surface area contributed by atoms with E-state index in [1.165, 1.54) is 12.1 Å². The highest BCUT2D eigenvalue weighted by Crippen LogP contribution is 2.22. The second-order valence-corrected chi connectivity index (χ2v) is 5.27. The molecule has 98 valence electrons. The molecular weight excluding hydrogens is 360 g/mol. The first-order chi connectivity index (χ1) is 8.97. The van der Waals surface area contributed by atoms with Crippen LogP contribution in [-0.2, 0) is 0 Å². The molecule has 0 radical (unpaired) electrons. The van der Waals surface area contributed by atoms with Crippen LogP contribution in [0.5, 0.6) is 5.75 Å². The van der Waals surface area contributed by atoms with E-state index in [0.29, 0.717) is 3.57 Å². The third kappa shape index (κ3) is 3.23. The minimum Gasteiger partial charge on any atom is -0.507 e. The smallest absolute Gasteiger partial charge is 0.255 e. The monoisotopic (exact) mass is 371 g/mol. The van der Waals surface area contributed by atoms with Gasteiger partial charge in [0, 0.05) is 5.56 Å². The van der Waals surface area contributed by atoms with E-state index in [1.807, 2.05) is 29.5 Å². The van der Waals surface area contributed by atoms with Crippen molar-refractivity contribution in [1.82, 2.24) is 0 Å². The quantitative estimate of drug-likeness (QED) is 0.792. The molecule has 0 saturated heterocycles. The lowest BCUT2D eigenvalue weighted by Crippen LogP contribution is -2.13. The Kier molecular flexibility index (Phi) is 4.04. The largest absolute Gasteiger partial charge is 0.507 e. The number of carbonyl (C=O) groups is 1. The number of halogens is 2. The predicted molar refractivity (Wildman–Crippen MR) is 79.9 cm³/mol. The minimum absolute atomic E-state index is 0.0259. The molecule has 1 amide bonds. The van der Waals surface area contributed by atoms with Gasteiger partial charge in [-0.05, 0) is 65.4 Å². The van der Waals surface area contributed by atoms with Crippen LogP contribution in [0.2, 0.25) is 0 Å². The molecule has 2 aromatic rings. The summed E-state index contributed by atoms with van der Waals surface area (Å²) < 4.78 is 14.2. The molecule has 2 rings (SSSR count). The zero-order valence-corrected chi connectivity index (χ0v) is 12.2. The van der Waals surface area contributed by atoms with Crippen molar-refractivity contribution < 1.29 is 14.3 Å². The van der Waals surface area contributed by atoms with Crippen LogP contribution < -0.4 is 5.32 Å². The molecule has 0 aliphatic rings. The summed E-state index contributed by atoms with van der Waals surface area (Å²) in [6.07, 6.45) is 0. The number of phenols is 1. The minimum atomic E-state index is -0.492. The van der Waals surface area contributed by atoms with Gasteiger partial charge in [-0.15, -0.1) is 0 Å². The summed E-state index contributed by atoms with van der Waals surface area (Å²) in [4.78, 5) is 11.9. The van der Waals surface area contributed by atoms with E-state index in [2.05, 4.69) is 5.32 Å². The molecule has 0 fully saturated rings. The second-order valence-electron chi connectivity index (χ2n) is 4.10. The fourth-order valence-electron chi connectivity index (χ4n) is 1.58. The Morgan fingerprint density at radius 3 is 2.68 bits per heavy atom. The Morgan fingerprint density at radius 1 is 1.26 bits per heavy atom. The topological polar surface area (TPSA) is 49.3 Å². The van der Waals surface area contributed by atoms with Crippen LogP contribution in [0, 0.1) is 16.3 Å². The van der Waals surface area contributed by atoms with Gasteiger partial charge in [-0.2, -0.15) is 0 Å². The van der Waals surface area contributed by atoms with E-state index in [1.54, 1.807) is 24.3 Å².